The number of benzene rings is 1. The highest BCUT2D eigenvalue weighted by atomic mass is 35.5. The Kier molecular flexibility index (Phi) is 5.04. The first-order valence-corrected chi connectivity index (χ1v) is 9.77. The fourth-order valence-corrected chi connectivity index (χ4v) is 3.98. The minimum atomic E-state index is -0.174. The molecule has 0 aliphatic carbocycles. The quantitative estimate of drug-likeness (QED) is 0.767. The molecule has 2 aromatic rings. The van der Waals surface area contributed by atoms with E-state index in [9.17, 15) is 4.79 Å². The highest BCUT2D eigenvalue weighted by Gasteiger charge is 2.24. The number of thioether (sulfide) groups is 1. The molecule has 0 bridgehead atoms. The third-order valence-corrected chi connectivity index (χ3v) is 5.39. The monoisotopic (exact) mass is 387 g/mol. The van der Waals surface area contributed by atoms with E-state index in [1.165, 1.54) is 31.0 Å². The molecule has 2 aliphatic rings. The van der Waals surface area contributed by atoms with Gasteiger partial charge in [0.25, 0.3) is 5.91 Å². The average Bonchev–Trinajstić information content (AvgIpc) is 3.23. The zero-order chi connectivity index (χ0) is 17.9. The zero-order valence-corrected chi connectivity index (χ0v) is 15.6. The van der Waals surface area contributed by atoms with Crippen LogP contribution in [-0.4, -0.2) is 24.2 Å². The fourth-order valence-electron chi connectivity index (χ4n) is 2.98. The summed E-state index contributed by atoms with van der Waals surface area (Å²) in [6, 6.07) is 11.1. The molecule has 1 N–H and O–H groups in total. The van der Waals surface area contributed by atoms with Gasteiger partial charge >= 0.3 is 0 Å². The minimum Gasteiger partial charge on any atom is -0.441 e. The van der Waals surface area contributed by atoms with E-state index in [2.05, 4.69) is 15.2 Å². The first-order chi connectivity index (χ1) is 12.7. The van der Waals surface area contributed by atoms with Crippen LogP contribution in [0.25, 0.3) is 6.08 Å². The summed E-state index contributed by atoms with van der Waals surface area (Å²) < 4.78 is 5.90. The SMILES string of the molecule is O=C1NC(=Nc2cccc(Cl)c2)SC1=Cc1ccc(N2CCCCC2)o1. The van der Waals surface area contributed by atoms with Crippen LogP contribution >= 0.6 is 23.4 Å². The third kappa shape index (κ3) is 3.97. The van der Waals surface area contributed by atoms with Crippen molar-refractivity contribution in [3.63, 3.8) is 0 Å². The molecule has 134 valence electrons. The van der Waals surface area contributed by atoms with Gasteiger partial charge in [0, 0.05) is 30.3 Å². The summed E-state index contributed by atoms with van der Waals surface area (Å²) in [5.74, 6) is 1.37. The van der Waals surface area contributed by atoms with Crippen molar-refractivity contribution in [1.82, 2.24) is 5.32 Å². The number of rotatable bonds is 3. The van der Waals surface area contributed by atoms with Gasteiger partial charge in [0.2, 0.25) is 0 Å². The summed E-state index contributed by atoms with van der Waals surface area (Å²) in [5.41, 5.74) is 0.701. The molecule has 5 nitrogen and oxygen atoms in total. The van der Waals surface area contributed by atoms with Gasteiger partial charge in [-0.15, -0.1) is 0 Å². The first kappa shape index (κ1) is 17.2. The third-order valence-electron chi connectivity index (χ3n) is 4.24. The van der Waals surface area contributed by atoms with Crippen LogP contribution in [-0.2, 0) is 4.79 Å². The van der Waals surface area contributed by atoms with Crippen molar-refractivity contribution in [2.45, 2.75) is 19.3 Å². The van der Waals surface area contributed by atoms with Crippen molar-refractivity contribution in [3.05, 3.63) is 52.1 Å². The Morgan fingerprint density at radius 2 is 2.04 bits per heavy atom. The molecule has 4 rings (SSSR count). The van der Waals surface area contributed by atoms with Crippen LogP contribution in [0.4, 0.5) is 11.6 Å². The minimum absolute atomic E-state index is 0.174. The Balaban J connectivity index is 1.49. The van der Waals surface area contributed by atoms with Gasteiger partial charge < -0.3 is 14.6 Å². The van der Waals surface area contributed by atoms with Crippen LogP contribution in [0.1, 0.15) is 25.0 Å². The molecule has 1 aromatic heterocycles. The van der Waals surface area contributed by atoms with Crippen molar-refractivity contribution in [1.29, 1.82) is 0 Å². The number of nitrogens with zero attached hydrogens (tertiary/aromatic N) is 2. The Bertz CT molecular complexity index is 884. The number of hydrogen-bond donors (Lipinski definition) is 1. The van der Waals surface area contributed by atoms with E-state index >= 15 is 0 Å². The lowest BCUT2D eigenvalue weighted by Gasteiger charge is -2.25. The largest absolute Gasteiger partial charge is 0.441 e. The number of hydrogen-bond acceptors (Lipinski definition) is 5. The number of amidine groups is 1. The lowest BCUT2D eigenvalue weighted by Crippen LogP contribution is -2.28. The van der Waals surface area contributed by atoms with E-state index in [0.717, 1.165) is 19.0 Å². The average molecular weight is 388 g/mol. The molecular weight excluding hydrogens is 370 g/mol. The predicted octanol–water partition coefficient (Wildman–Crippen LogP) is 4.81. The summed E-state index contributed by atoms with van der Waals surface area (Å²) in [7, 11) is 0. The Morgan fingerprint density at radius 1 is 1.19 bits per heavy atom. The second kappa shape index (κ2) is 7.60. The van der Waals surface area contributed by atoms with Crippen molar-refractivity contribution in [2.75, 3.05) is 18.0 Å². The van der Waals surface area contributed by atoms with Crippen LogP contribution in [0.2, 0.25) is 5.02 Å². The lowest BCUT2D eigenvalue weighted by atomic mass is 10.1. The van der Waals surface area contributed by atoms with E-state index in [4.69, 9.17) is 16.0 Å². The molecule has 2 aliphatic heterocycles. The number of carbonyl (C=O) groups excluding carboxylic acids is 1. The number of furan rings is 1. The van der Waals surface area contributed by atoms with Gasteiger partial charge in [-0.05, 0) is 55.3 Å². The molecule has 0 unspecified atom stereocenters. The number of halogens is 1. The second-order valence-electron chi connectivity index (χ2n) is 6.19. The van der Waals surface area contributed by atoms with Gasteiger partial charge in [0.1, 0.15) is 5.76 Å². The van der Waals surface area contributed by atoms with Gasteiger partial charge in [0.05, 0.1) is 10.6 Å². The Labute approximate surface area is 161 Å². The van der Waals surface area contributed by atoms with Gasteiger partial charge in [-0.1, -0.05) is 17.7 Å². The number of piperidine rings is 1. The molecule has 0 saturated carbocycles. The molecule has 2 saturated heterocycles. The van der Waals surface area contributed by atoms with Crippen LogP contribution < -0.4 is 10.2 Å². The number of carbonyl (C=O) groups is 1. The fraction of sp³-hybridized carbons (Fsp3) is 0.263. The number of amides is 1. The van der Waals surface area contributed by atoms with Crippen LogP contribution in [0.5, 0.6) is 0 Å². The Morgan fingerprint density at radius 3 is 2.85 bits per heavy atom. The van der Waals surface area contributed by atoms with Crippen molar-refractivity contribution in [3.8, 4) is 0 Å². The van der Waals surface area contributed by atoms with E-state index in [1.54, 1.807) is 18.2 Å². The maximum absolute atomic E-state index is 12.2. The van der Waals surface area contributed by atoms with Crippen LogP contribution in [0, 0.1) is 0 Å². The summed E-state index contributed by atoms with van der Waals surface area (Å²) >= 11 is 7.26. The number of nitrogens with one attached hydrogen (secondary N) is 1. The molecule has 7 heteroatoms. The summed E-state index contributed by atoms with van der Waals surface area (Å²) in [6.45, 7) is 2.05. The van der Waals surface area contributed by atoms with Crippen molar-refractivity contribution < 1.29 is 9.21 Å². The normalized spacial score (nSPS) is 20.8. The number of aliphatic imine (C=N–C) groups is 1. The molecule has 26 heavy (non-hydrogen) atoms. The van der Waals surface area contributed by atoms with Crippen molar-refractivity contribution in [2.24, 2.45) is 4.99 Å². The molecular formula is C19H18ClN3O2S. The van der Waals surface area contributed by atoms with Crippen LogP contribution in [0.15, 0.2) is 50.7 Å². The van der Waals surface area contributed by atoms with Crippen molar-refractivity contribution >= 4 is 52.1 Å². The molecule has 3 heterocycles. The molecule has 1 amide bonds. The number of anilines is 1. The first-order valence-electron chi connectivity index (χ1n) is 8.57. The topological polar surface area (TPSA) is 57.8 Å². The summed E-state index contributed by atoms with van der Waals surface area (Å²) in [6.07, 6.45) is 5.42. The Hall–Kier alpha value is -2.18. The van der Waals surface area contributed by atoms with Gasteiger partial charge in [-0.25, -0.2) is 4.99 Å². The molecule has 1 aromatic carbocycles. The van der Waals surface area contributed by atoms with E-state index in [-0.39, 0.29) is 5.91 Å². The van der Waals surface area contributed by atoms with Crippen LogP contribution in [0.3, 0.4) is 0 Å². The molecule has 2 fully saturated rings. The van der Waals surface area contributed by atoms with E-state index in [1.807, 2.05) is 24.3 Å². The zero-order valence-electron chi connectivity index (χ0n) is 14.1. The maximum Gasteiger partial charge on any atom is 0.264 e. The standard InChI is InChI=1S/C19H18ClN3O2S/c20-13-5-4-6-14(11-13)21-19-22-18(24)16(26-19)12-15-7-8-17(25-15)23-9-2-1-3-10-23/h4-8,11-12H,1-3,9-10H2,(H,21,22,24). The predicted molar refractivity (Wildman–Crippen MR) is 107 cm³/mol. The maximum atomic E-state index is 12.2. The van der Waals surface area contributed by atoms with Gasteiger partial charge in [0.15, 0.2) is 11.1 Å². The highest BCUT2D eigenvalue weighted by Crippen LogP contribution is 2.30. The van der Waals surface area contributed by atoms with Gasteiger partial charge in [-0.2, -0.15) is 0 Å². The second-order valence-corrected chi connectivity index (χ2v) is 7.65. The molecule has 0 radical (unpaired) electrons. The summed E-state index contributed by atoms with van der Waals surface area (Å²) in [5, 5.41) is 3.92. The van der Waals surface area contributed by atoms with E-state index in [0.29, 0.717) is 26.5 Å². The molecule has 0 spiro atoms. The summed E-state index contributed by atoms with van der Waals surface area (Å²) in [4.78, 5) is 19.4. The smallest absolute Gasteiger partial charge is 0.264 e. The van der Waals surface area contributed by atoms with E-state index < -0.39 is 0 Å². The highest BCUT2D eigenvalue weighted by molar-refractivity contribution is 8.18. The molecule has 0 atom stereocenters. The lowest BCUT2D eigenvalue weighted by molar-refractivity contribution is -0.115. The van der Waals surface area contributed by atoms with Gasteiger partial charge in [-0.3, -0.25) is 4.79 Å².